The summed E-state index contributed by atoms with van der Waals surface area (Å²) in [5, 5.41) is 3.98. The van der Waals surface area contributed by atoms with E-state index in [4.69, 9.17) is 21.1 Å². The molecule has 0 aromatic heterocycles. The van der Waals surface area contributed by atoms with Crippen LogP contribution in [0.2, 0.25) is 5.02 Å². The first-order valence-corrected chi connectivity index (χ1v) is 12.9. The molecular formula is C31H27ClN2O3. The minimum absolute atomic E-state index is 0.351. The number of nitrogens with one attached hydrogen (secondary N) is 1. The molecule has 0 saturated carbocycles. The molecule has 1 atom stereocenters. The van der Waals surface area contributed by atoms with Gasteiger partial charge in [0.2, 0.25) is 0 Å². The summed E-state index contributed by atoms with van der Waals surface area (Å²) >= 11 is 6.75. The molecule has 0 bridgehead atoms. The van der Waals surface area contributed by atoms with Crippen LogP contribution in [0.5, 0.6) is 11.5 Å². The van der Waals surface area contributed by atoms with Crippen molar-refractivity contribution >= 4 is 28.9 Å². The van der Waals surface area contributed by atoms with E-state index in [1.54, 1.807) is 0 Å². The van der Waals surface area contributed by atoms with Gasteiger partial charge in [-0.3, -0.25) is 0 Å². The topological polar surface area (TPSA) is 50.8 Å². The molecule has 2 aliphatic rings. The van der Waals surface area contributed by atoms with Gasteiger partial charge in [-0.05, 0) is 43.7 Å². The smallest absolute Gasteiger partial charge is 0.340 e. The monoisotopic (exact) mass is 510 g/mol. The maximum absolute atomic E-state index is 13.2. The Morgan fingerprint density at radius 1 is 0.838 bits per heavy atom. The minimum Gasteiger partial charge on any atom is -0.456 e. The van der Waals surface area contributed by atoms with Crippen molar-refractivity contribution in [3.8, 4) is 11.5 Å². The van der Waals surface area contributed by atoms with Crippen LogP contribution in [-0.4, -0.2) is 19.1 Å². The van der Waals surface area contributed by atoms with Crippen LogP contribution in [0, 0.1) is 0 Å². The molecule has 0 saturated heterocycles. The largest absolute Gasteiger partial charge is 0.456 e. The van der Waals surface area contributed by atoms with Crippen molar-refractivity contribution in [1.29, 1.82) is 0 Å². The van der Waals surface area contributed by atoms with E-state index in [-0.39, 0.29) is 5.97 Å². The normalized spacial score (nSPS) is 16.9. The molecule has 0 amide bonds. The highest BCUT2D eigenvalue weighted by Crippen LogP contribution is 2.57. The van der Waals surface area contributed by atoms with E-state index >= 15 is 0 Å². The summed E-state index contributed by atoms with van der Waals surface area (Å²) in [5.41, 5.74) is 4.70. The number of ether oxygens (including phenoxy) is 2. The van der Waals surface area contributed by atoms with E-state index in [1.165, 1.54) is 0 Å². The predicted octanol–water partition coefficient (Wildman–Crippen LogP) is 7.37. The second-order valence-electron chi connectivity index (χ2n) is 9.24. The van der Waals surface area contributed by atoms with Gasteiger partial charge in [0.05, 0.1) is 16.3 Å². The molecule has 2 aliphatic heterocycles. The molecule has 4 aromatic rings. The SMILES string of the molecule is CCN(CC)c1ccc2c(c1)Oc1cc(Cl)c(NCc3ccccc3)cc1C21OC(=O)c2ccccc21. The molecule has 37 heavy (non-hydrogen) atoms. The molecule has 186 valence electrons. The quantitative estimate of drug-likeness (QED) is 0.274. The lowest BCUT2D eigenvalue weighted by Crippen LogP contribution is -2.33. The summed E-state index contributed by atoms with van der Waals surface area (Å²) in [4.78, 5) is 15.4. The van der Waals surface area contributed by atoms with Crippen molar-refractivity contribution in [3.63, 3.8) is 0 Å². The number of fused-ring (bicyclic) bond motifs is 6. The van der Waals surface area contributed by atoms with Crippen LogP contribution in [0.4, 0.5) is 11.4 Å². The Labute approximate surface area is 221 Å². The summed E-state index contributed by atoms with van der Waals surface area (Å²) in [7, 11) is 0. The van der Waals surface area contributed by atoms with E-state index in [0.717, 1.165) is 46.7 Å². The maximum Gasteiger partial charge on any atom is 0.340 e. The molecule has 4 aromatic carbocycles. The first kappa shape index (κ1) is 23.4. The summed E-state index contributed by atoms with van der Waals surface area (Å²) in [6.45, 7) is 6.60. The van der Waals surface area contributed by atoms with Gasteiger partial charge in [0.25, 0.3) is 0 Å². The van der Waals surface area contributed by atoms with Crippen LogP contribution in [0.15, 0.2) is 84.9 Å². The van der Waals surface area contributed by atoms with Gasteiger partial charge in [-0.15, -0.1) is 0 Å². The molecule has 1 N–H and O–H groups in total. The summed E-state index contributed by atoms with van der Waals surface area (Å²) in [6, 6.07) is 27.6. The third kappa shape index (κ3) is 3.73. The van der Waals surface area contributed by atoms with Crippen LogP contribution in [0.3, 0.4) is 0 Å². The number of hydrogen-bond acceptors (Lipinski definition) is 5. The third-order valence-electron chi connectivity index (χ3n) is 7.24. The van der Waals surface area contributed by atoms with Crippen LogP contribution in [-0.2, 0) is 16.9 Å². The van der Waals surface area contributed by atoms with E-state index in [2.05, 4.69) is 42.3 Å². The van der Waals surface area contributed by atoms with Gasteiger partial charge in [-0.1, -0.05) is 60.1 Å². The van der Waals surface area contributed by atoms with E-state index in [0.29, 0.717) is 28.6 Å². The molecule has 1 unspecified atom stereocenters. The second kappa shape index (κ2) is 9.16. The van der Waals surface area contributed by atoms with Crippen LogP contribution >= 0.6 is 11.6 Å². The number of carbonyl (C=O) groups excluding carboxylic acids is 1. The number of nitrogens with zero attached hydrogens (tertiary/aromatic N) is 1. The Morgan fingerprint density at radius 2 is 1.57 bits per heavy atom. The molecule has 6 rings (SSSR count). The zero-order valence-corrected chi connectivity index (χ0v) is 21.5. The molecular weight excluding hydrogens is 484 g/mol. The summed E-state index contributed by atoms with van der Waals surface area (Å²) < 4.78 is 12.8. The fourth-order valence-electron chi connectivity index (χ4n) is 5.40. The van der Waals surface area contributed by atoms with Gasteiger partial charge in [-0.25, -0.2) is 4.79 Å². The van der Waals surface area contributed by atoms with Crippen LogP contribution < -0.4 is 15.0 Å². The van der Waals surface area contributed by atoms with Crippen LogP contribution in [0.25, 0.3) is 0 Å². The third-order valence-corrected chi connectivity index (χ3v) is 7.55. The fraction of sp³-hybridized carbons (Fsp3) is 0.194. The Kier molecular flexibility index (Phi) is 5.81. The fourth-order valence-corrected chi connectivity index (χ4v) is 5.62. The standard InChI is InChI=1S/C31H27ClN2O3/c1-3-34(4-2)21-14-15-24-28(16-21)36-29-18-26(32)27(33-19-20-10-6-5-7-11-20)17-25(29)31(24)23-13-9-8-12-22(23)30(35)37-31/h5-18,33H,3-4,19H2,1-2H3. The van der Waals surface area contributed by atoms with Gasteiger partial charge in [0.1, 0.15) is 11.5 Å². The minimum atomic E-state index is -1.13. The van der Waals surface area contributed by atoms with Crippen molar-refractivity contribution in [2.45, 2.75) is 26.0 Å². The first-order valence-electron chi connectivity index (χ1n) is 12.6. The Hall–Kier alpha value is -3.96. The lowest BCUT2D eigenvalue weighted by molar-refractivity contribution is 0.0224. The predicted molar refractivity (Wildman–Crippen MR) is 147 cm³/mol. The maximum atomic E-state index is 13.2. The van der Waals surface area contributed by atoms with Crippen LogP contribution in [0.1, 0.15) is 46.5 Å². The Bertz CT molecular complexity index is 1500. The summed E-state index contributed by atoms with van der Waals surface area (Å²) in [5.74, 6) is 0.877. The number of esters is 1. The van der Waals surface area contributed by atoms with Crippen molar-refractivity contribution < 1.29 is 14.3 Å². The van der Waals surface area contributed by atoms with Crippen molar-refractivity contribution in [1.82, 2.24) is 0 Å². The highest BCUT2D eigenvalue weighted by Gasteiger charge is 2.53. The lowest BCUT2D eigenvalue weighted by Gasteiger charge is -2.37. The second-order valence-corrected chi connectivity index (χ2v) is 9.65. The van der Waals surface area contributed by atoms with Gasteiger partial charge in [0, 0.05) is 54.1 Å². The molecule has 1 spiro atoms. The molecule has 2 heterocycles. The zero-order chi connectivity index (χ0) is 25.6. The van der Waals surface area contributed by atoms with Crippen molar-refractivity contribution in [2.24, 2.45) is 0 Å². The zero-order valence-electron chi connectivity index (χ0n) is 20.8. The number of rotatable bonds is 6. The molecule has 6 heteroatoms. The molecule has 0 radical (unpaired) electrons. The highest BCUT2D eigenvalue weighted by molar-refractivity contribution is 6.33. The lowest BCUT2D eigenvalue weighted by atomic mass is 9.77. The van der Waals surface area contributed by atoms with Crippen molar-refractivity contribution in [2.75, 3.05) is 23.3 Å². The van der Waals surface area contributed by atoms with Crippen molar-refractivity contribution in [3.05, 3.63) is 118 Å². The average Bonchev–Trinajstić information content (AvgIpc) is 3.22. The van der Waals surface area contributed by atoms with Gasteiger partial charge in [0.15, 0.2) is 5.60 Å². The highest BCUT2D eigenvalue weighted by atomic mass is 35.5. The Morgan fingerprint density at radius 3 is 2.35 bits per heavy atom. The van der Waals surface area contributed by atoms with Gasteiger partial charge < -0.3 is 19.7 Å². The number of carbonyl (C=O) groups is 1. The number of hydrogen-bond donors (Lipinski definition) is 1. The van der Waals surface area contributed by atoms with E-state index in [1.807, 2.05) is 66.7 Å². The number of halogens is 1. The summed E-state index contributed by atoms with van der Waals surface area (Å²) in [6.07, 6.45) is 0. The Balaban J connectivity index is 1.52. The molecule has 0 aliphatic carbocycles. The van der Waals surface area contributed by atoms with Gasteiger partial charge >= 0.3 is 5.97 Å². The number of benzene rings is 4. The van der Waals surface area contributed by atoms with E-state index < -0.39 is 5.60 Å². The van der Waals surface area contributed by atoms with Gasteiger partial charge in [-0.2, -0.15) is 0 Å². The molecule has 5 nitrogen and oxygen atoms in total. The molecule has 0 fully saturated rings. The van der Waals surface area contributed by atoms with E-state index in [9.17, 15) is 4.79 Å². The average molecular weight is 511 g/mol. The first-order chi connectivity index (χ1) is 18.0. The number of anilines is 2.